The summed E-state index contributed by atoms with van der Waals surface area (Å²) in [5.41, 5.74) is 0.105. The molecular weight excluding hydrogens is 372 g/mol. The van der Waals surface area contributed by atoms with Crippen LogP contribution < -0.4 is 10.0 Å². The maximum Gasteiger partial charge on any atom is 0.231 e. The molecule has 0 atom stereocenters. The number of anilines is 1. The van der Waals surface area contributed by atoms with Gasteiger partial charge in [0.05, 0.1) is 23.8 Å². The van der Waals surface area contributed by atoms with Crippen LogP contribution in [0.3, 0.4) is 0 Å². The van der Waals surface area contributed by atoms with Crippen molar-refractivity contribution in [2.24, 2.45) is 23.2 Å². The zero-order chi connectivity index (χ0) is 18.5. The number of sulfonamides is 1. The maximum absolute atomic E-state index is 13.1. The molecule has 8 heteroatoms. The molecule has 2 N–H and O–H groups in total. The molecule has 4 saturated carbocycles. The molecule has 0 aromatic carbocycles. The van der Waals surface area contributed by atoms with Gasteiger partial charge in [-0.2, -0.15) is 0 Å². The second-order valence-electron chi connectivity index (χ2n) is 8.33. The first-order chi connectivity index (χ1) is 12.2. The van der Waals surface area contributed by atoms with Crippen molar-refractivity contribution in [1.82, 2.24) is 4.72 Å². The van der Waals surface area contributed by atoms with Gasteiger partial charge in [0.15, 0.2) is 5.78 Å². The summed E-state index contributed by atoms with van der Waals surface area (Å²) in [4.78, 5) is 25.5. The Morgan fingerprint density at radius 3 is 2.27 bits per heavy atom. The average Bonchev–Trinajstić information content (AvgIpc) is 2.99. The normalized spacial score (nSPS) is 32.6. The van der Waals surface area contributed by atoms with E-state index in [9.17, 15) is 18.0 Å². The highest BCUT2D eigenvalue weighted by Crippen LogP contribution is 2.60. The first kappa shape index (κ1) is 18.1. The van der Waals surface area contributed by atoms with Gasteiger partial charge in [0.25, 0.3) is 0 Å². The van der Waals surface area contributed by atoms with Gasteiger partial charge in [-0.15, -0.1) is 11.3 Å². The average molecular weight is 397 g/mol. The zero-order valence-electron chi connectivity index (χ0n) is 14.8. The van der Waals surface area contributed by atoms with E-state index in [2.05, 4.69) is 10.0 Å². The lowest BCUT2D eigenvalue weighted by Gasteiger charge is -2.55. The molecule has 5 rings (SSSR count). The first-order valence-electron chi connectivity index (χ1n) is 9.11. The van der Waals surface area contributed by atoms with E-state index in [0.717, 1.165) is 25.5 Å². The van der Waals surface area contributed by atoms with Crippen molar-refractivity contribution in [2.75, 3.05) is 18.1 Å². The summed E-state index contributed by atoms with van der Waals surface area (Å²) >= 11 is 1.31. The van der Waals surface area contributed by atoms with E-state index in [1.807, 2.05) is 0 Å². The SMILES string of the molecule is CS(=O)(=O)NCC(=O)c1ccsc1NC(=O)C12CC3CC(CC(C3)C1)C2. The summed E-state index contributed by atoms with van der Waals surface area (Å²) < 4.78 is 24.6. The number of hydrogen-bond donors (Lipinski definition) is 2. The fraction of sp³-hybridized carbons (Fsp3) is 0.667. The number of rotatable bonds is 6. The molecule has 0 spiro atoms. The molecule has 1 heterocycles. The summed E-state index contributed by atoms with van der Waals surface area (Å²) in [6.45, 7) is -0.296. The Morgan fingerprint density at radius 2 is 1.73 bits per heavy atom. The minimum absolute atomic E-state index is 0.0455. The van der Waals surface area contributed by atoms with Crippen LogP contribution >= 0.6 is 11.3 Å². The molecule has 1 amide bonds. The molecule has 4 aliphatic carbocycles. The zero-order valence-corrected chi connectivity index (χ0v) is 16.4. The Labute approximate surface area is 157 Å². The Bertz CT molecular complexity index is 808. The van der Waals surface area contributed by atoms with Gasteiger partial charge in [0.2, 0.25) is 15.9 Å². The van der Waals surface area contributed by atoms with Gasteiger partial charge in [0, 0.05) is 0 Å². The van der Waals surface area contributed by atoms with E-state index in [1.54, 1.807) is 11.4 Å². The van der Waals surface area contributed by atoms with Crippen LogP contribution in [0.5, 0.6) is 0 Å². The fourth-order valence-corrected chi connectivity index (χ4v) is 6.74. The third-order valence-electron chi connectivity index (χ3n) is 6.21. The van der Waals surface area contributed by atoms with Gasteiger partial charge >= 0.3 is 0 Å². The molecule has 4 bridgehead atoms. The van der Waals surface area contributed by atoms with Crippen LogP contribution in [0.25, 0.3) is 0 Å². The van der Waals surface area contributed by atoms with Gasteiger partial charge in [-0.1, -0.05) is 0 Å². The van der Waals surface area contributed by atoms with E-state index in [4.69, 9.17) is 0 Å². The molecule has 0 radical (unpaired) electrons. The Hall–Kier alpha value is -1.25. The van der Waals surface area contributed by atoms with E-state index in [1.165, 1.54) is 30.6 Å². The van der Waals surface area contributed by atoms with Crippen molar-refractivity contribution in [1.29, 1.82) is 0 Å². The Morgan fingerprint density at radius 1 is 1.15 bits per heavy atom. The largest absolute Gasteiger partial charge is 0.317 e. The summed E-state index contributed by atoms with van der Waals surface area (Å²) in [6.07, 6.45) is 7.73. The van der Waals surface area contributed by atoms with Crippen molar-refractivity contribution >= 4 is 38.1 Å². The predicted octanol–water partition coefficient (Wildman–Crippen LogP) is 2.63. The summed E-state index contributed by atoms with van der Waals surface area (Å²) in [6, 6.07) is 1.65. The quantitative estimate of drug-likeness (QED) is 0.723. The number of thiophene rings is 1. The number of nitrogens with one attached hydrogen (secondary N) is 2. The molecule has 4 fully saturated rings. The minimum Gasteiger partial charge on any atom is -0.317 e. The molecule has 4 aliphatic rings. The highest BCUT2D eigenvalue weighted by atomic mass is 32.2. The standard InChI is InChI=1S/C18H24N2O4S2/c1-26(23,24)19-10-15(21)14-2-3-25-16(14)20-17(22)18-7-11-4-12(8-18)6-13(5-11)9-18/h2-3,11-13,19H,4-10H2,1H3,(H,20,22). The van der Waals surface area contributed by atoms with Crippen LogP contribution in [0, 0.1) is 23.2 Å². The van der Waals surface area contributed by atoms with Gasteiger partial charge in [-0.05, 0) is 67.7 Å². The van der Waals surface area contributed by atoms with Crippen molar-refractivity contribution in [3.63, 3.8) is 0 Å². The van der Waals surface area contributed by atoms with E-state index in [-0.39, 0.29) is 23.7 Å². The number of carbonyl (C=O) groups excluding carboxylic acids is 2. The van der Waals surface area contributed by atoms with Crippen LogP contribution in [0.4, 0.5) is 5.00 Å². The third-order valence-corrected chi connectivity index (χ3v) is 7.71. The highest BCUT2D eigenvalue weighted by Gasteiger charge is 2.54. The summed E-state index contributed by atoms with van der Waals surface area (Å²) in [7, 11) is -3.43. The molecule has 0 aliphatic heterocycles. The lowest BCUT2D eigenvalue weighted by molar-refractivity contribution is -0.140. The second-order valence-corrected chi connectivity index (χ2v) is 11.1. The van der Waals surface area contributed by atoms with Gasteiger partial charge in [-0.25, -0.2) is 13.1 Å². The second kappa shape index (κ2) is 6.42. The van der Waals surface area contributed by atoms with Gasteiger partial charge < -0.3 is 5.32 Å². The molecular formula is C18H24N2O4S2. The topological polar surface area (TPSA) is 92.3 Å². The van der Waals surface area contributed by atoms with Crippen molar-refractivity contribution < 1.29 is 18.0 Å². The van der Waals surface area contributed by atoms with E-state index < -0.39 is 10.0 Å². The van der Waals surface area contributed by atoms with Crippen molar-refractivity contribution in [2.45, 2.75) is 38.5 Å². The molecule has 1 aromatic heterocycles. The Kier molecular flexibility index (Phi) is 4.48. The molecule has 142 valence electrons. The highest BCUT2D eigenvalue weighted by molar-refractivity contribution is 7.88. The molecule has 6 nitrogen and oxygen atoms in total. The fourth-order valence-electron chi connectivity index (χ4n) is 5.54. The number of ketones is 1. The third kappa shape index (κ3) is 3.46. The lowest BCUT2D eigenvalue weighted by atomic mass is 9.49. The Balaban J connectivity index is 1.48. The van der Waals surface area contributed by atoms with E-state index >= 15 is 0 Å². The smallest absolute Gasteiger partial charge is 0.231 e. The minimum atomic E-state index is -3.43. The van der Waals surface area contributed by atoms with Gasteiger partial charge in [0.1, 0.15) is 5.00 Å². The maximum atomic E-state index is 13.1. The van der Waals surface area contributed by atoms with Crippen molar-refractivity contribution in [3.8, 4) is 0 Å². The van der Waals surface area contributed by atoms with Crippen LogP contribution in [0.2, 0.25) is 0 Å². The molecule has 26 heavy (non-hydrogen) atoms. The van der Waals surface area contributed by atoms with E-state index in [0.29, 0.717) is 28.3 Å². The molecule has 0 saturated heterocycles. The summed E-state index contributed by atoms with van der Waals surface area (Å²) in [5, 5.41) is 5.29. The first-order valence-corrected chi connectivity index (χ1v) is 11.9. The number of hydrogen-bond acceptors (Lipinski definition) is 5. The molecule has 0 unspecified atom stereocenters. The van der Waals surface area contributed by atoms with Crippen LogP contribution in [-0.4, -0.2) is 32.9 Å². The summed E-state index contributed by atoms with van der Waals surface area (Å²) in [5.74, 6) is 1.74. The van der Waals surface area contributed by atoms with Crippen LogP contribution in [0.15, 0.2) is 11.4 Å². The number of amides is 1. The van der Waals surface area contributed by atoms with Gasteiger partial charge in [-0.3, -0.25) is 9.59 Å². The number of carbonyl (C=O) groups is 2. The van der Waals surface area contributed by atoms with Crippen LogP contribution in [0.1, 0.15) is 48.9 Å². The van der Waals surface area contributed by atoms with Crippen molar-refractivity contribution in [3.05, 3.63) is 17.0 Å². The van der Waals surface area contributed by atoms with Crippen LogP contribution in [-0.2, 0) is 14.8 Å². The molecule has 1 aromatic rings. The monoisotopic (exact) mass is 396 g/mol. The number of Topliss-reactive ketones (excluding diaryl/α,β-unsaturated/α-hetero) is 1. The lowest BCUT2D eigenvalue weighted by Crippen LogP contribution is -2.51. The predicted molar refractivity (Wildman–Crippen MR) is 101 cm³/mol.